The number of hydrogen-bond donors (Lipinski definition) is 1. The molecule has 0 fully saturated rings. The van der Waals surface area contributed by atoms with Crippen molar-refractivity contribution in [3.05, 3.63) is 29.8 Å². The molecule has 15 heavy (non-hydrogen) atoms. The first kappa shape index (κ1) is 11.9. The normalized spacial score (nSPS) is 10.0. The van der Waals surface area contributed by atoms with E-state index in [2.05, 4.69) is 0 Å². The van der Waals surface area contributed by atoms with Crippen molar-refractivity contribution in [2.24, 2.45) is 0 Å². The summed E-state index contributed by atoms with van der Waals surface area (Å²) in [6.45, 7) is 0.639. The lowest BCUT2D eigenvalue weighted by Crippen LogP contribution is -2.27. The van der Waals surface area contributed by atoms with Crippen LogP contribution < -0.4 is 5.73 Å². The van der Waals surface area contributed by atoms with E-state index in [0.717, 1.165) is 11.3 Å². The van der Waals surface area contributed by atoms with Crippen LogP contribution in [0, 0.1) is 0 Å². The number of carbonyl (C=O) groups is 1. The van der Waals surface area contributed by atoms with Gasteiger partial charge in [-0.15, -0.1) is 0 Å². The van der Waals surface area contributed by atoms with Crippen LogP contribution in [-0.4, -0.2) is 29.9 Å². The third-order valence-electron chi connectivity index (χ3n) is 2.09. The maximum atomic E-state index is 11.5. The zero-order chi connectivity index (χ0) is 11.3. The van der Waals surface area contributed by atoms with E-state index in [-0.39, 0.29) is 5.91 Å². The molecular weight excluding hydrogens is 208 g/mol. The van der Waals surface area contributed by atoms with Crippen LogP contribution in [0.4, 0.5) is 5.69 Å². The molecule has 0 atom stereocenters. The summed E-state index contributed by atoms with van der Waals surface area (Å²) in [5.41, 5.74) is 7.43. The maximum Gasteiger partial charge on any atom is 0.232 e. The molecule has 0 aromatic heterocycles. The van der Waals surface area contributed by atoms with Gasteiger partial charge in [-0.1, -0.05) is 12.1 Å². The second-order valence-electron chi connectivity index (χ2n) is 3.42. The van der Waals surface area contributed by atoms with Crippen molar-refractivity contribution in [3.63, 3.8) is 0 Å². The van der Waals surface area contributed by atoms with E-state index < -0.39 is 0 Å². The van der Waals surface area contributed by atoms with Gasteiger partial charge in [-0.05, 0) is 24.0 Å². The van der Waals surface area contributed by atoms with Crippen LogP contribution in [0.2, 0.25) is 0 Å². The van der Waals surface area contributed by atoms with Crippen molar-refractivity contribution in [2.45, 2.75) is 6.54 Å². The molecule has 0 unspecified atom stereocenters. The van der Waals surface area contributed by atoms with Crippen LogP contribution in [0.5, 0.6) is 0 Å². The van der Waals surface area contributed by atoms with E-state index in [4.69, 9.17) is 5.73 Å². The van der Waals surface area contributed by atoms with E-state index in [1.807, 2.05) is 37.6 Å². The van der Waals surface area contributed by atoms with Gasteiger partial charge in [-0.3, -0.25) is 4.79 Å². The van der Waals surface area contributed by atoms with Crippen molar-refractivity contribution < 1.29 is 4.79 Å². The lowest BCUT2D eigenvalue weighted by molar-refractivity contribution is -0.127. The molecule has 0 aliphatic carbocycles. The molecule has 0 saturated carbocycles. The predicted molar refractivity (Wildman–Crippen MR) is 65.7 cm³/mol. The number of amides is 1. The molecule has 0 saturated heterocycles. The van der Waals surface area contributed by atoms with Crippen molar-refractivity contribution in [2.75, 3.05) is 24.8 Å². The average molecular weight is 224 g/mol. The van der Waals surface area contributed by atoms with Crippen molar-refractivity contribution in [1.29, 1.82) is 0 Å². The molecule has 3 nitrogen and oxygen atoms in total. The minimum absolute atomic E-state index is 0.152. The predicted octanol–water partition coefficient (Wildman–Crippen LogP) is 1.59. The number of benzene rings is 1. The largest absolute Gasteiger partial charge is 0.399 e. The molecule has 1 aromatic carbocycles. The summed E-state index contributed by atoms with van der Waals surface area (Å²) in [5.74, 6) is 0.685. The molecule has 1 amide bonds. The monoisotopic (exact) mass is 224 g/mol. The van der Waals surface area contributed by atoms with E-state index in [0.29, 0.717) is 12.3 Å². The van der Waals surface area contributed by atoms with Gasteiger partial charge in [0.2, 0.25) is 5.91 Å². The van der Waals surface area contributed by atoms with Crippen LogP contribution in [0.3, 0.4) is 0 Å². The molecule has 0 aliphatic rings. The number of nitrogens with zero attached hydrogens (tertiary/aromatic N) is 1. The molecular formula is C11H16N2OS. The fourth-order valence-corrected chi connectivity index (χ4v) is 1.69. The molecule has 0 aliphatic heterocycles. The lowest BCUT2D eigenvalue weighted by atomic mass is 10.2. The topological polar surface area (TPSA) is 46.3 Å². The Balaban J connectivity index is 2.54. The van der Waals surface area contributed by atoms with Gasteiger partial charge in [0.25, 0.3) is 0 Å². The standard InChI is InChI=1S/C11H16N2OS/c1-13(11(14)8-15-2)7-9-3-5-10(12)6-4-9/h3-6H,7-8,12H2,1-2H3. The Morgan fingerprint density at radius 1 is 1.40 bits per heavy atom. The number of rotatable bonds is 4. The Kier molecular flexibility index (Phi) is 4.49. The first-order chi connectivity index (χ1) is 7.13. The number of nitrogen functional groups attached to an aromatic ring is 1. The van der Waals surface area contributed by atoms with E-state index in [1.54, 1.807) is 4.90 Å². The zero-order valence-electron chi connectivity index (χ0n) is 9.06. The van der Waals surface area contributed by atoms with Crippen LogP contribution in [0.15, 0.2) is 24.3 Å². The summed E-state index contributed by atoms with van der Waals surface area (Å²) >= 11 is 1.54. The van der Waals surface area contributed by atoms with E-state index >= 15 is 0 Å². The number of carbonyl (C=O) groups excluding carboxylic acids is 1. The van der Waals surface area contributed by atoms with Gasteiger partial charge in [-0.2, -0.15) is 11.8 Å². The van der Waals surface area contributed by atoms with Crippen LogP contribution in [-0.2, 0) is 11.3 Å². The molecule has 82 valence electrons. The van der Waals surface area contributed by atoms with Crippen molar-refractivity contribution >= 4 is 23.4 Å². The molecule has 0 radical (unpaired) electrons. The summed E-state index contributed by atoms with van der Waals surface area (Å²) in [7, 11) is 1.81. The number of anilines is 1. The zero-order valence-corrected chi connectivity index (χ0v) is 9.88. The summed E-state index contributed by atoms with van der Waals surface area (Å²) < 4.78 is 0. The quantitative estimate of drug-likeness (QED) is 0.790. The summed E-state index contributed by atoms with van der Waals surface area (Å²) in [6.07, 6.45) is 1.93. The van der Waals surface area contributed by atoms with Crippen LogP contribution in [0.1, 0.15) is 5.56 Å². The van der Waals surface area contributed by atoms with Gasteiger partial charge < -0.3 is 10.6 Å². The Bertz CT molecular complexity index is 324. The van der Waals surface area contributed by atoms with Gasteiger partial charge in [0.1, 0.15) is 0 Å². The Hall–Kier alpha value is -1.16. The Labute approximate surface area is 94.6 Å². The highest BCUT2D eigenvalue weighted by molar-refractivity contribution is 7.99. The molecule has 4 heteroatoms. The SMILES string of the molecule is CSCC(=O)N(C)Cc1ccc(N)cc1. The average Bonchev–Trinajstić information content (AvgIpc) is 2.22. The summed E-state index contributed by atoms with van der Waals surface area (Å²) in [6, 6.07) is 7.58. The third-order valence-corrected chi connectivity index (χ3v) is 2.63. The summed E-state index contributed by atoms with van der Waals surface area (Å²) in [4.78, 5) is 13.2. The second-order valence-corrected chi connectivity index (χ2v) is 4.29. The molecule has 0 heterocycles. The Morgan fingerprint density at radius 3 is 2.53 bits per heavy atom. The van der Waals surface area contributed by atoms with E-state index in [1.165, 1.54) is 11.8 Å². The Morgan fingerprint density at radius 2 is 2.00 bits per heavy atom. The molecule has 0 bridgehead atoms. The minimum Gasteiger partial charge on any atom is -0.399 e. The number of thioether (sulfide) groups is 1. The van der Waals surface area contributed by atoms with Crippen molar-refractivity contribution in [3.8, 4) is 0 Å². The maximum absolute atomic E-state index is 11.5. The third kappa shape index (κ3) is 3.83. The molecule has 2 N–H and O–H groups in total. The van der Waals surface area contributed by atoms with Crippen LogP contribution in [0.25, 0.3) is 0 Å². The smallest absolute Gasteiger partial charge is 0.232 e. The summed E-state index contributed by atoms with van der Waals surface area (Å²) in [5, 5.41) is 0. The number of hydrogen-bond acceptors (Lipinski definition) is 3. The van der Waals surface area contributed by atoms with Crippen LogP contribution >= 0.6 is 11.8 Å². The number of nitrogens with two attached hydrogens (primary N) is 1. The fraction of sp³-hybridized carbons (Fsp3) is 0.364. The highest BCUT2D eigenvalue weighted by Crippen LogP contribution is 2.08. The first-order valence-corrected chi connectivity index (χ1v) is 6.10. The van der Waals surface area contributed by atoms with Gasteiger partial charge in [0, 0.05) is 19.3 Å². The molecule has 1 aromatic rings. The van der Waals surface area contributed by atoms with Crippen molar-refractivity contribution in [1.82, 2.24) is 4.90 Å². The van der Waals surface area contributed by atoms with Gasteiger partial charge in [-0.25, -0.2) is 0 Å². The molecule has 1 rings (SSSR count). The fourth-order valence-electron chi connectivity index (χ4n) is 1.22. The highest BCUT2D eigenvalue weighted by atomic mass is 32.2. The first-order valence-electron chi connectivity index (χ1n) is 4.71. The second kappa shape index (κ2) is 5.66. The van der Waals surface area contributed by atoms with Gasteiger partial charge in [0.05, 0.1) is 5.75 Å². The molecule has 0 spiro atoms. The van der Waals surface area contributed by atoms with Gasteiger partial charge in [0.15, 0.2) is 0 Å². The minimum atomic E-state index is 0.152. The highest BCUT2D eigenvalue weighted by Gasteiger charge is 2.07. The van der Waals surface area contributed by atoms with E-state index in [9.17, 15) is 4.79 Å². The lowest BCUT2D eigenvalue weighted by Gasteiger charge is -2.16. The van der Waals surface area contributed by atoms with Gasteiger partial charge >= 0.3 is 0 Å².